The third kappa shape index (κ3) is 2.03. The lowest BCUT2D eigenvalue weighted by Gasteiger charge is -2.10. The van der Waals surface area contributed by atoms with Gasteiger partial charge in [-0.15, -0.1) is 0 Å². The van der Waals surface area contributed by atoms with Crippen molar-refractivity contribution in [2.24, 2.45) is 0 Å². The fourth-order valence-corrected chi connectivity index (χ4v) is 0.178. The van der Waals surface area contributed by atoms with Crippen LogP contribution in [0.25, 0.3) is 0 Å². The number of allylic oxidation sites excluding steroid dienone is 1. The van der Waals surface area contributed by atoms with Crippen LogP contribution in [-0.2, 0) is 0 Å². The molecule has 0 aromatic heterocycles. The first-order valence-corrected chi connectivity index (χ1v) is 2.26. The summed E-state index contributed by atoms with van der Waals surface area (Å²) in [6, 6.07) is 0. The van der Waals surface area contributed by atoms with E-state index in [-0.39, 0.29) is 0 Å². The summed E-state index contributed by atoms with van der Waals surface area (Å²) >= 11 is 0. The molecule has 0 aromatic rings. The van der Waals surface area contributed by atoms with Crippen LogP contribution >= 0.6 is 0 Å². The molecule has 1 unspecified atom stereocenters. The maximum Gasteiger partial charge on any atom is 0.189 e. The van der Waals surface area contributed by atoms with E-state index in [0.29, 0.717) is 6.92 Å². The second-order valence-corrected chi connectivity index (χ2v) is 1.79. The van der Waals surface area contributed by atoms with Crippen molar-refractivity contribution in [2.75, 3.05) is 6.67 Å². The van der Waals surface area contributed by atoms with Crippen LogP contribution in [0.15, 0.2) is 12.2 Å². The van der Waals surface area contributed by atoms with Crippen LogP contribution < -0.4 is 0 Å². The fraction of sp³-hybridized carbons (Fsp3) is 0.600. The van der Waals surface area contributed by atoms with Crippen LogP contribution in [0.5, 0.6) is 0 Å². The van der Waals surface area contributed by atoms with E-state index < -0.39 is 24.5 Å². The third-order valence-corrected chi connectivity index (χ3v) is 0.845. The van der Waals surface area contributed by atoms with Gasteiger partial charge in [0.05, 0.1) is 0 Å². The fourth-order valence-electron chi connectivity index (χ4n) is 0.178. The van der Waals surface area contributed by atoms with Gasteiger partial charge in [-0.25, -0.2) is 17.6 Å². The molecule has 0 saturated heterocycles. The standard InChI is InChI=1S/C5H6F4/c1-5(9,3-7)4(8)2-6/h2H,3H2,1H3. The van der Waals surface area contributed by atoms with Gasteiger partial charge in [0.1, 0.15) is 13.0 Å². The average molecular weight is 142 g/mol. The van der Waals surface area contributed by atoms with E-state index in [0.717, 1.165) is 0 Å². The van der Waals surface area contributed by atoms with Crippen LogP contribution in [0, 0.1) is 0 Å². The zero-order valence-corrected chi connectivity index (χ0v) is 4.80. The number of alkyl halides is 2. The Labute approximate surface area is 50.2 Å². The molecule has 54 valence electrons. The molecule has 0 amide bonds. The first-order chi connectivity index (χ1) is 4.04. The normalized spacial score (nSPS) is 19.4. The minimum Gasteiger partial charge on any atom is -0.247 e. The highest BCUT2D eigenvalue weighted by atomic mass is 19.2. The zero-order valence-electron chi connectivity index (χ0n) is 4.80. The van der Waals surface area contributed by atoms with Gasteiger partial charge in [-0.3, -0.25) is 0 Å². The summed E-state index contributed by atoms with van der Waals surface area (Å²) in [5, 5.41) is 0. The maximum atomic E-state index is 12.2. The first kappa shape index (κ1) is 8.46. The lowest BCUT2D eigenvalue weighted by Crippen LogP contribution is -2.21. The zero-order chi connectivity index (χ0) is 7.49. The highest BCUT2D eigenvalue weighted by Crippen LogP contribution is 2.22. The van der Waals surface area contributed by atoms with Gasteiger partial charge in [0.25, 0.3) is 0 Å². The van der Waals surface area contributed by atoms with Crippen LogP contribution in [0.4, 0.5) is 17.6 Å². The first-order valence-electron chi connectivity index (χ1n) is 2.26. The van der Waals surface area contributed by atoms with Gasteiger partial charge in [-0.2, -0.15) is 0 Å². The monoisotopic (exact) mass is 142 g/mol. The van der Waals surface area contributed by atoms with Crippen molar-refractivity contribution in [2.45, 2.75) is 12.6 Å². The Hall–Kier alpha value is -0.540. The van der Waals surface area contributed by atoms with E-state index in [4.69, 9.17) is 0 Å². The molecule has 0 spiro atoms. The van der Waals surface area contributed by atoms with Crippen LogP contribution in [0.1, 0.15) is 6.92 Å². The Bertz CT molecular complexity index is 116. The van der Waals surface area contributed by atoms with Gasteiger partial charge in [-0.05, 0) is 6.92 Å². The molecule has 1 atom stereocenters. The van der Waals surface area contributed by atoms with E-state index in [1.165, 1.54) is 0 Å². The molecular formula is C5H6F4. The average Bonchev–Trinajstić information content (AvgIpc) is 1.86. The van der Waals surface area contributed by atoms with Crippen molar-refractivity contribution in [1.82, 2.24) is 0 Å². The predicted octanol–water partition coefficient (Wildman–Crippen LogP) is 2.46. The smallest absolute Gasteiger partial charge is 0.189 e. The number of halogens is 4. The molecule has 0 heterocycles. The molecule has 0 aliphatic rings. The van der Waals surface area contributed by atoms with Crippen molar-refractivity contribution < 1.29 is 17.6 Å². The number of hydrogen-bond donors (Lipinski definition) is 0. The van der Waals surface area contributed by atoms with E-state index >= 15 is 0 Å². The molecule has 9 heavy (non-hydrogen) atoms. The van der Waals surface area contributed by atoms with Crippen molar-refractivity contribution in [3.8, 4) is 0 Å². The van der Waals surface area contributed by atoms with Crippen molar-refractivity contribution >= 4 is 0 Å². The lowest BCUT2D eigenvalue weighted by molar-refractivity contribution is 0.150. The topological polar surface area (TPSA) is 0 Å². The maximum absolute atomic E-state index is 12.2. The Morgan fingerprint density at radius 1 is 1.67 bits per heavy atom. The molecular weight excluding hydrogens is 136 g/mol. The van der Waals surface area contributed by atoms with E-state index in [1.54, 1.807) is 0 Å². The van der Waals surface area contributed by atoms with Crippen LogP contribution in [0.3, 0.4) is 0 Å². The third-order valence-electron chi connectivity index (χ3n) is 0.845. The number of hydrogen-bond acceptors (Lipinski definition) is 0. The second kappa shape index (κ2) is 2.85. The van der Waals surface area contributed by atoms with Crippen LogP contribution in [-0.4, -0.2) is 12.3 Å². The van der Waals surface area contributed by atoms with Crippen LogP contribution in [0.2, 0.25) is 0 Å². The molecule has 0 aliphatic heterocycles. The van der Waals surface area contributed by atoms with Gasteiger partial charge in [0, 0.05) is 0 Å². The SMILES string of the molecule is CC(F)(CF)C(F)=CF. The van der Waals surface area contributed by atoms with Crippen molar-refractivity contribution in [3.63, 3.8) is 0 Å². The van der Waals surface area contributed by atoms with E-state index in [9.17, 15) is 17.6 Å². The molecule has 0 aliphatic carbocycles. The quantitative estimate of drug-likeness (QED) is 0.519. The summed E-state index contributed by atoms with van der Waals surface area (Å²) < 4.78 is 46.4. The summed E-state index contributed by atoms with van der Waals surface area (Å²) in [6.07, 6.45) is -0.584. The van der Waals surface area contributed by atoms with Gasteiger partial charge in [0.15, 0.2) is 11.5 Å². The Morgan fingerprint density at radius 3 is 2.22 bits per heavy atom. The Kier molecular flexibility index (Phi) is 2.67. The summed E-state index contributed by atoms with van der Waals surface area (Å²) in [7, 11) is 0. The van der Waals surface area contributed by atoms with Crippen molar-refractivity contribution in [1.29, 1.82) is 0 Å². The molecule has 0 bridgehead atoms. The molecule has 0 nitrogen and oxygen atoms in total. The highest BCUT2D eigenvalue weighted by molar-refractivity contribution is 5.03. The molecule has 0 N–H and O–H groups in total. The molecule has 0 radical (unpaired) electrons. The minimum atomic E-state index is -2.80. The molecule has 0 saturated carbocycles. The largest absolute Gasteiger partial charge is 0.247 e. The van der Waals surface area contributed by atoms with E-state index in [2.05, 4.69) is 0 Å². The number of rotatable bonds is 2. The minimum absolute atomic E-state index is 0.584. The summed E-state index contributed by atoms with van der Waals surface area (Å²) in [5.41, 5.74) is -2.80. The second-order valence-electron chi connectivity index (χ2n) is 1.79. The van der Waals surface area contributed by atoms with Gasteiger partial charge < -0.3 is 0 Å². The summed E-state index contributed by atoms with van der Waals surface area (Å²) in [4.78, 5) is 0. The molecule has 0 fully saturated rings. The molecule has 4 heteroatoms. The van der Waals surface area contributed by atoms with Crippen molar-refractivity contribution in [3.05, 3.63) is 12.2 Å². The summed E-state index contributed by atoms with van der Waals surface area (Å²) in [6.45, 7) is -0.933. The molecule has 0 aromatic carbocycles. The highest BCUT2D eigenvalue weighted by Gasteiger charge is 2.29. The molecule has 0 rings (SSSR count). The predicted molar refractivity (Wildman–Crippen MR) is 25.8 cm³/mol. The van der Waals surface area contributed by atoms with Gasteiger partial charge in [-0.1, -0.05) is 0 Å². The van der Waals surface area contributed by atoms with Gasteiger partial charge in [0.2, 0.25) is 0 Å². The van der Waals surface area contributed by atoms with Gasteiger partial charge >= 0.3 is 0 Å². The Balaban J connectivity index is 4.14. The summed E-state index contributed by atoms with van der Waals surface area (Å²) in [5.74, 6) is -1.72. The lowest BCUT2D eigenvalue weighted by atomic mass is 10.1. The van der Waals surface area contributed by atoms with E-state index in [1.807, 2.05) is 0 Å². The Morgan fingerprint density at radius 2 is 2.11 bits per heavy atom.